The number of para-hydroxylation sites is 5. The second-order valence-electron chi connectivity index (χ2n) is 18.7. The summed E-state index contributed by atoms with van der Waals surface area (Å²) in [5.74, 6) is 0. The summed E-state index contributed by atoms with van der Waals surface area (Å²) in [6.45, 7) is 0. The van der Waals surface area contributed by atoms with Gasteiger partial charge in [-0.3, -0.25) is 0 Å². The zero-order valence-corrected chi connectivity index (χ0v) is 38.1. The molecule has 1 aliphatic heterocycles. The van der Waals surface area contributed by atoms with Gasteiger partial charge in [0.2, 0.25) is 0 Å². The lowest BCUT2D eigenvalue weighted by Gasteiger charge is -2.37. The monoisotopic (exact) mass is 890 g/mol. The van der Waals surface area contributed by atoms with Crippen molar-refractivity contribution in [2.45, 2.75) is 5.41 Å². The average molecular weight is 891 g/mol. The summed E-state index contributed by atoms with van der Waals surface area (Å²) >= 11 is 0. The second-order valence-corrected chi connectivity index (χ2v) is 18.7. The van der Waals surface area contributed by atoms with Crippen LogP contribution in [-0.2, 0) is 5.41 Å². The molecule has 1 aromatic heterocycles. The highest BCUT2D eigenvalue weighted by atomic mass is 16.3. The summed E-state index contributed by atoms with van der Waals surface area (Å²) in [5, 5.41) is 2.30. The molecule has 0 radical (unpaired) electrons. The molecule has 0 saturated heterocycles. The predicted octanol–water partition coefficient (Wildman–Crippen LogP) is 18.2. The summed E-state index contributed by atoms with van der Waals surface area (Å²) in [5.41, 5.74) is 24.9. The van der Waals surface area contributed by atoms with Gasteiger partial charge in [0.05, 0.1) is 22.5 Å². The second kappa shape index (κ2) is 14.9. The number of rotatable bonds is 4. The molecule has 1 atom stereocenters. The Bertz CT molecular complexity index is 4090. The van der Waals surface area contributed by atoms with Crippen molar-refractivity contribution in [3.05, 3.63) is 277 Å². The van der Waals surface area contributed by atoms with Gasteiger partial charge in [-0.15, -0.1) is 0 Å². The van der Waals surface area contributed by atoms with Crippen molar-refractivity contribution in [1.29, 1.82) is 0 Å². The van der Waals surface area contributed by atoms with Crippen molar-refractivity contribution in [3.8, 4) is 55.6 Å². The molecule has 0 fully saturated rings. The molecule has 12 aromatic rings. The van der Waals surface area contributed by atoms with E-state index in [0.29, 0.717) is 0 Å². The zero-order chi connectivity index (χ0) is 45.9. The van der Waals surface area contributed by atoms with E-state index in [1.807, 2.05) is 0 Å². The highest BCUT2D eigenvalue weighted by Crippen LogP contribution is 2.64. The molecule has 0 amide bonds. The van der Waals surface area contributed by atoms with Crippen LogP contribution in [0.1, 0.15) is 22.3 Å². The van der Waals surface area contributed by atoms with Crippen molar-refractivity contribution in [1.82, 2.24) is 0 Å². The van der Waals surface area contributed by atoms with Crippen molar-refractivity contribution >= 4 is 56.1 Å². The Morgan fingerprint density at radius 2 is 0.886 bits per heavy atom. The SMILES string of the molecule is c1ccc(N(c2ccc3c(c2)-c2ccccc2-c2ccccc2C32c3ccccc3-c3c2ccc2oc4ccccc4c32)c2cccc3c2N(c2ccccc2)c2ccccc2-c2ccccc2-3)cc1. The Morgan fingerprint density at radius 3 is 1.66 bits per heavy atom. The van der Waals surface area contributed by atoms with Gasteiger partial charge in [-0.2, -0.15) is 0 Å². The molecule has 3 nitrogen and oxygen atoms in total. The fraction of sp³-hybridized carbons (Fsp3) is 0.0149. The van der Waals surface area contributed by atoms with Crippen LogP contribution in [0.2, 0.25) is 0 Å². The lowest BCUT2D eigenvalue weighted by atomic mass is 9.66. The number of benzene rings is 11. The largest absolute Gasteiger partial charge is 0.456 e. The van der Waals surface area contributed by atoms with Crippen molar-refractivity contribution in [3.63, 3.8) is 0 Å². The fourth-order valence-corrected chi connectivity index (χ4v) is 12.5. The first kappa shape index (κ1) is 38.9. The maximum Gasteiger partial charge on any atom is 0.136 e. The first-order valence-corrected chi connectivity index (χ1v) is 24.2. The molecular weight excluding hydrogens is 849 g/mol. The molecule has 0 bridgehead atoms. The van der Waals surface area contributed by atoms with Gasteiger partial charge in [0.15, 0.2) is 0 Å². The lowest BCUT2D eigenvalue weighted by molar-refractivity contribution is 0.668. The molecular formula is C67H42N2O. The van der Waals surface area contributed by atoms with Gasteiger partial charge in [0, 0.05) is 39.0 Å². The average Bonchev–Trinajstić information content (AvgIpc) is 3.88. The van der Waals surface area contributed by atoms with E-state index in [1.54, 1.807) is 0 Å². The third kappa shape index (κ3) is 5.29. The van der Waals surface area contributed by atoms with Crippen LogP contribution >= 0.6 is 0 Å². The maximum absolute atomic E-state index is 6.62. The van der Waals surface area contributed by atoms with Gasteiger partial charge >= 0.3 is 0 Å². The van der Waals surface area contributed by atoms with Gasteiger partial charge in [-0.05, 0) is 127 Å². The van der Waals surface area contributed by atoms with Crippen LogP contribution in [0.3, 0.4) is 0 Å². The van der Waals surface area contributed by atoms with E-state index in [2.05, 4.69) is 265 Å². The van der Waals surface area contributed by atoms with Gasteiger partial charge in [0.25, 0.3) is 0 Å². The Labute approximate surface area is 406 Å². The first-order chi connectivity index (χ1) is 34.8. The maximum atomic E-state index is 6.62. The van der Waals surface area contributed by atoms with Crippen LogP contribution in [0.25, 0.3) is 77.6 Å². The standard InChI is InChI=1S/C67H42N2O/c1-3-20-43(21-4-1)68(61-36-19-32-52-48-26-9-8-25-47(48)51-29-13-17-35-60(51)69(66(52)61)44-22-5-2-6-23-44)45-38-39-58-55(42-45)49-27-10-7-24-46(49)50-28-11-15-33-56(50)67(58)57-34-16-12-30-53(57)64-59(67)40-41-63-65(64)54-31-14-18-37-62(54)70-63/h1-42H. The molecule has 1 spiro atoms. The number of hydrogen-bond donors (Lipinski definition) is 0. The highest BCUT2D eigenvalue weighted by Gasteiger charge is 2.50. The number of hydrogen-bond acceptors (Lipinski definition) is 3. The van der Waals surface area contributed by atoms with Crippen molar-refractivity contribution in [2.24, 2.45) is 0 Å². The van der Waals surface area contributed by atoms with Gasteiger partial charge in [-0.1, -0.05) is 194 Å². The highest BCUT2D eigenvalue weighted by molar-refractivity contribution is 6.16. The molecule has 2 heterocycles. The van der Waals surface area contributed by atoms with Crippen LogP contribution < -0.4 is 9.80 Å². The zero-order valence-electron chi connectivity index (χ0n) is 38.1. The quantitative estimate of drug-likeness (QED) is 0.176. The van der Waals surface area contributed by atoms with Crippen molar-refractivity contribution in [2.75, 3.05) is 9.80 Å². The Kier molecular flexibility index (Phi) is 8.28. The molecule has 3 heteroatoms. The van der Waals surface area contributed by atoms with Gasteiger partial charge in [-0.25, -0.2) is 0 Å². The lowest BCUT2D eigenvalue weighted by Crippen LogP contribution is -2.29. The minimum absolute atomic E-state index is 0.666. The fourth-order valence-electron chi connectivity index (χ4n) is 12.5. The normalized spacial score (nSPS) is 14.6. The Hall–Kier alpha value is -9.18. The summed E-state index contributed by atoms with van der Waals surface area (Å²) < 4.78 is 6.62. The van der Waals surface area contributed by atoms with Crippen LogP contribution in [0, 0.1) is 0 Å². The van der Waals surface area contributed by atoms with Gasteiger partial charge < -0.3 is 14.2 Å². The molecule has 70 heavy (non-hydrogen) atoms. The van der Waals surface area contributed by atoms with E-state index in [9.17, 15) is 0 Å². The molecule has 3 aliphatic rings. The topological polar surface area (TPSA) is 19.6 Å². The molecule has 0 N–H and O–H groups in total. The van der Waals surface area contributed by atoms with Crippen LogP contribution in [0.4, 0.5) is 34.1 Å². The third-order valence-electron chi connectivity index (χ3n) is 15.2. The van der Waals surface area contributed by atoms with E-state index in [-0.39, 0.29) is 0 Å². The summed E-state index contributed by atoms with van der Waals surface area (Å²) in [6, 6.07) is 94.0. The van der Waals surface area contributed by atoms with E-state index >= 15 is 0 Å². The molecule has 1 unspecified atom stereocenters. The smallest absolute Gasteiger partial charge is 0.136 e. The number of furan rings is 1. The predicted molar refractivity (Wildman–Crippen MR) is 289 cm³/mol. The Balaban J connectivity index is 1.05. The van der Waals surface area contributed by atoms with E-state index in [0.717, 1.165) is 50.7 Å². The minimum atomic E-state index is -0.666. The van der Waals surface area contributed by atoms with E-state index < -0.39 is 5.41 Å². The molecule has 15 rings (SSSR count). The molecule has 2 aliphatic carbocycles. The number of fused-ring (bicyclic) bond motifs is 21. The van der Waals surface area contributed by atoms with Crippen LogP contribution in [0.5, 0.6) is 0 Å². The minimum Gasteiger partial charge on any atom is -0.456 e. The summed E-state index contributed by atoms with van der Waals surface area (Å²) in [4.78, 5) is 4.96. The summed E-state index contributed by atoms with van der Waals surface area (Å²) in [7, 11) is 0. The van der Waals surface area contributed by atoms with E-state index in [1.165, 1.54) is 83.3 Å². The van der Waals surface area contributed by atoms with Crippen LogP contribution in [-0.4, -0.2) is 0 Å². The Morgan fingerprint density at radius 1 is 0.343 bits per heavy atom. The molecule has 0 saturated carbocycles. The summed E-state index contributed by atoms with van der Waals surface area (Å²) in [6.07, 6.45) is 0. The molecule has 11 aromatic carbocycles. The van der Waals surface area contributed by atoms with Crippen LogP contribution in [0.15, 0.2) is 259 Å². The van der Waals surface area contributed by atoms with Gasteiger partial charge in [0.1, 0.15) is 11.2 Å². The third-order valence-corrected chi connectivity index (χ3v) is 15.2. The van der Waals surface area contributed by atoms with Crippen molar-refractivity contribution < 1.29 is 4.42 Å². The first-order valence-electron chi connectivity index (χ1n) is 24.2. The molecule has 326 valence electrons. The number of anilines is 6. The number of nitrogens with zero attached hydrogens (tertiary/aromatic N) is 2. The van der Waals surface area contributed by atoms with E-state index in [4.69, 9.17) is 4.42 Å².